The van der Waals surface area contributed by atoms with Crippen molar-refractivity contribution in [1.82, 2.24) is 4.57 Å². The summed E-state index contributed by atoms with van der Waals surface area (Å²) >= 11 is 0. The number of hydrogen-bond acceptors (Lipinski definition) is 2. The maximum Gasteiger partial charge on any atom is 0.136 e. The quantitative estimate of drug-likeness (QED) is 0.237. The standard InChI is InChI=1S/C37H22N2O/c38-23-24-17-20-35(39-33-14-6-3-11-28(33)29-12-4-7-15-34(29)39)32(21-24)27-10-2-1-9-26(27)25-18-19-31-30-13-5-8-16-36(30)40-37(31)22-25/h1-22H. The third-order valence-electron chi connectivity index (χ3n) is 7.85. The van der Waals surface area contributed by atoms with Crippen LogP contribution in [0.4, 0.5) is 0 Å². The normalized spacial score (nSPS) is 11.5. The third kappa shape index (κ3) is 3.30. The molecule has 2 heterocycles. The van der Waals surface area contributed by atoms with Crippen LogP contribution < -0.4 is 0 Å². The molecular weight excluding hydrogens is 488 g/mol. The number of nitriles is 1. The molecule has 3 nitrogen and oxygen atoms in total. The Balaban J connectivity index is 1.41. The molecule has 3 heteroatoms. The average molecular weight is 511 g/mol. The van der Waals surface area contributed by atoms with Crippen LogP contribution in [0.25, 0.3) is 71.7 Å². The van der Waals surface area contributed by atoms with Crippen LogP contribution >= 0.6 is 0 Å². The van der Waals surface area contributed by atoms with Gasteiger partial charge < -0.3 is 8.98 Å². The Morgan fingerprint density at radius 3 is 1.88 bits per heavy atom. The van der Waals surface area contributed by atoms with E-state index in [1.165, 1.54) is 10.8 Å². The molecule has 0 unspecified atom stereocenters. The smallest absolute Gasteiger partial charge is 0.136 e. The van der Waals surface area contributed by atoms with Crippen molar-refractivity contribution in [2.75, 3.05) is 0 Å². The molecule has 2 aromatic heterocycles. The van der Waals surface area contributed by atoms with Crippen LogP contribution in [0, 0.1) is 11.3 Å². The van der Waals surface area contributed by atoms with Gasteiger partial charge >= 0.3 is 0 Å². The van der Waals surface area contributed by atoms with E-state index in [2.05, 4.69) is 114 Å². The highest BCUT2D eigenvalue weighted by molar-refractivity contribution is 6.10. The average Bonchev–Trinajstić information content (AvgIpc) is 3.56. The molecular formula is C37H22N2O. The predicted molar refractivity (Wildman–Crippen MR) is 164 cm³/mol. The fraction of sp³-hybridized carbons (Fsp3) is 0. The van der Waals surface area contributed by atoms with E-state index < -0.39 is 0 Å². The summed E-state index contributed by atoms with van der Waals surface area (Å²) in [5.74, 6) is 0. The highest BCUT2D eigenvalue weighted by Crippen LogP contribution is 2.41. The van der Waals surface area contributed by atoms with E-state index in [-0.39, 0.29) is 0 Å². The first kappa shape index (κ1) is 22.4. The van der Waals surface area contributed by atoms with Gasteiger partial charge in [0.1, 0.15) is 11.2 Å². The number of nitrogens with zero attached hydrogens (tertiary/aromatic N) is 2. The molecule has 0 spiro atoms. The predicted octanol–water partition coefficient (Wildman–Crippen LogP) is 9.89. The Morgan fingerprint density at radius 2 is 1.12 bits per heavy atom. The van der Waals surface area contributed by atoms with Gasteiger partial charge in [0.2, 0.25) is 0 Å². The van der Waals surface area contributed by atoms with Crippen molar-refractivity contribution in [1.29, 1.82) is 5.26 Å². The van der Waals surface area contributed by atoms with Gasteiger partial charge in [0, 0.05) is 27.1 Å². The zero-order valence-electron chi connectivity index (χ0n) is 21.5. The molecule has 0 aliphatic carbocycles. The Bertz CT molecular complexity index is 2240. The number of hydrogen-bond donors (Lipinski definition) is 0. The lowest BCUT2D eigenvalue weighted by molar-refractivity contribution is 0.669. The summed E-state index contributed by atoms with van der Waals surface area (Å²) in [6, 6.07) is 48.4. The second-order valence-corrected chi connectivity index (χ2v) is 10.1. The number of aromatic nitrogens is 1. The molecule has 0 N–H and O–H groups in total. The van der Waals surface area contributed by atoms with E-state index in [9.17, 15) is 5.26 Å². The summed E-state index contributed by atoms with van der Waals surface area (Å²) in [6.45, 7) is 0. The van der Waals surface area contributed by atoms with E-state index >= 15 is 0 Å². The van der Waals surface area contributed by atoms with Gasteiger partial charge in [0.05, 0.1) is 28.4 Å². The summed E-state index contributed by atoms with van der Waals surface area (Å²) in [5.41, 5.74) is 9.90. The number of benzene rings is 6. The van der Waals surface area contributed by atoms with Gasteiger partial charge in [-0.1, -0.05) is 84.9 Å². The summed E-state index contributed by atoms with van der Waals surface area (Å²) in [5, 5.41) is 14.5. The van der Waals surface area contributed by atoms with Crippen LogP contribution in [0.5, 0.6) is 0 Å². The minimum atomic E-state index is 0.627. The van der Waals surface area contributed by atoms with Crippen molar-refractivity contribution in [3.8, 4) is 34.0 Å². The van der Waals surface area contributed by atoms with Crippen molar-refractivity contribution >= 4 is 43.7 Å². The van der Waals surface area contributed by atoms with Crippen molar-refractivity contribution in [3.63, 3.8) is 0 Å². The molecule has 6 aromatic carbocycles. The third-order valence-corrected chi connectivity index (χ3v) is 7.85. The van der Waals surface area contributed by atoms with Gasteiger partial charge in [-0.05, 0) is 65.2 Å². The van der Waals surface area contributed by atoms with Crippen LogP contribution in [0.15, 0.2) is 138 Å². The molecule has 0 saturated carbocycles. The van der Waals surface area contributed by atoms with Crippen LogP contribution in [0.3, 0.4) is 0 Å². The minimum absolute atomic E-state index is 0.627. The van der Waals surface area contributed by atoms with Crippen LogP contribution in [0.1, 0.15) is 5.56 Å². The van der Waals surface area contributed by atoms with Gasteiger partial charge in [-0.25, -0.2) is 0 Å². The molecule has 0 saturated heterocycles. The van der Waals surface area contributed by atoms with E-state index in [1.54, 1.807) is 0 Å². The fourth-order valence-electron chi connectivity index (χ4n) is 6.06. The Kier molecular flexibility index (Phi) is 4.89. The largest absolute Gasteiger partial charge is 0.456 e. The highest BCUT2D eigenvalue weighted by Gasteiger charge is 2.18. The number of rotatable bonds is 3. The van der Waals surface area contributed by atoms with Crippen molar-refractivity contribution in [3.05, 3.63) is 139 Å². The minimum Gasteiger partial charge on any atom is -0.456 e. The zero-order valence-corrected chi connectivity index (χ0v) is 21.5. The van der Waals surface area contributed by atoms with Crippen molar-refractivity contribution in [2.45, 2.75) is 0 Å². The Hall–Kier alpha value is -5.59. The molecule has 0 fully saturated rings. The molecule has 0 amide bonds. The first-order chi connectivity index (χ1) is 19.8. The first-order valence-corrected chi connectivity index (χ1v) is 13.3. The lowest BCUT2D eigenvalue weighted by atomic mass is 9.92. The molecule has 0 bridgehead atoms. The second-order valence-electron chi connectivity index (χ2n) is 10.1. The highest BCUT2D eigenvalue weighted by atomic mass is 16.3. The van der Waals surface area contributed by atoms with Crippen molar-refractivity contribution < 1.29 is 4.42 Å². The molecule has 8 rings (SSSR count). The van der Waals surface area contributed by atoms with Gasteiger partial charge in [-0.2, -0.15) is 5.26 Å². The van der Waals surface area contributed by atoms with E-state index in [0.717, 1.165) is 60.9 Å². The SMILES string of the molecule is N#Cc1ccc(-n2c3ccccc3c3ccccc32)c(-c2ccccc2-c2ccc3c(c2)oc2ccccc23)c1. The van der Waals surface area contributed by atoms with Crippen LogP contribution in [-0.4, -0.2) is 4.57 Å². The van der Waals surface area contributed by atoms with Crippen LogP contribution in [-0.2, 0) is 0 Å². The Labute approximate surface area is 230 Å². The second kappa shape index (κ2) is 8.73. The molecule has 40 heavy (non-hydrogen) atoms. The summed E-state index contributed by atoms with van der Waals surface area (Å²) in [4.78, 5) is 0. The topological polar surface area (TPSA) is 41.9 Å². The summed E-state index contributed by atoms with van der Waals surface area (Å²) < 4.78 is 8.55. The Morgan fingerprint density at radius 1 is 0.500 bits per heavy atom. The van der Waals surface area contributed by atoms with Crippen molar-refractivity contribution in [2.24, 2.45) is 0 Å². The zero-order chi connectivity index (χ0) is 26.6. The lowest BCUT2D eigenvalue weighted by Gasteiger charge is -2.17. The monoisotopic (exact) mass is 510 g/mol. The van der Waals surface area contributed by atoms with E-state index in [1.807, 2.05) is 30.3 Å². The lowest BCUT2D eigenvalue weighted by Crippen LogP contribution is -1.99. The van der Waals surface area contributed by atoms with Gasteiger partial charge in [0.25, 0.3) is 0 Å². The number of fused-ring (bicyclic) bond motifs is 6. The number of furan rings is 1. The molecule has 0 aliphatic heterocycles. The molecule has 8 aromatic rings. The van der Waals surface area contributed by atoms with Gasteiger partial charge in [-0.3, -0.25) is 0 Å². The molecule has 0 atom stereocenters. The van der Waals surface area contributed by atoms with Gasteiger partial charge in [-0.15, -0.1) is 0 Å². The van der Waals surface area contributed by atoms with Crippen LogP contribution in [0.2, 0.25) is 0 Å². The summed E-state index contributed by atoms with van der Waals surface area (Å²) in [6.07, 6.45) is 0. The first-order valence-electron chi connectivity index (χ1n) is 13.3. The summed E-state index contributed by atoms with van der Waals surface area (Å²) in [7, 11) is 0. The van der Waals surface area contributed by atoms with Gasteiger partial charge in [0.15, 0.2) is 0 Å². The molecule has 0 radical (unpaired) electrons. The maximum absolute atomic E-state index is 9.88. The maximum atomic E-state index is 9.88. The van der Waals surface area contributed by atoms with E-state index in [4.69, 9.17) is 4.42 Å². The number of para-hydroxylation sites is 3. The molecule has 186 valence electrons. The molecule has 0 aliphatic rings. The fourth-order valence-corrected chi connectivity index (χ4v) is 6.06. The van der Waals surface area contributed by atoms with E-state index in [0.29, 0.717) is 5.56 Å².